The Balaban J connectivity index is 2.84. The van der Waals surface area contributed by atoms with E-state index >= 15 is 0 Å². The molecule has 1 unspecified atom stereocenters. The summed E-state index contributed by atoms with van der Waals surface area (Å²) in [5.41, 5.74) is 3.14. The summed E-state index contributed by atoms with van der Waals surface area (Å²) in [5, 5.41) is 11.6. The summed E-state index contributed by atoms with van der Waals surface area (Å²) in [6, 6.07) is 5.98. The van der Waals surface area contributed by atoms with Gasteiger partial charge in [0.25, 0.3) is 0 Å². The molecule has 0 saturated heterocycles. The molecule has 0 bridgehead atoms. The standard InChI is InChI=1S/C15H20N2O2/c1-5-12(8-16)15(18)17-9-13-11(3)6-10(2)7-14(13)19-4/h6-7,12H,5,9H2,1-4H3,(H,17,18). The summed E-state index contributed by atoms with van der Waals surface area (Å²) in [6.07, 6.45) is 0.520. The highest BCUT2D eigenvalue weighted by molar-refractivity contribution is 5.81. The van der Waals surface area contributed by atoms with Crippen molar-refractivity contribution < 1.29 is 9.53 Å². The Labute approximate surface area is 114 Å². The Bertz CT molecular complexity index is 504. The summed E-state index contributed by atoms with van der Waals surface area (Å²) >= 11 is 0. The number of hydrogen-bond donors (Lipinski definition) is 1. The first kappa shape index (κ1) is 15.0. The molecule has 19 heavy (non-hydrogen) atoms. The van der Waals surface area contributed by atoms with Crippen molar-refractivity contribution in [2.45, 2.75) is 33.7 Å². The summed E-state index contributed by atoms with van der Waals surface area (Å²) in [4.78, 5) is 11.8. The van der Waals surface area contributed by atoms with Crippen LogP contribution in [0.3, 0.4) is 0 Å². The molecule has 1 aromatic carbocycles. The van der Waals surface area contributed by atoms with Gasteiger partial charge in [0, 0.05) is 12.1 Å². The van der Waals surface area contributed by atoms with Gasteiger partial charge in [-0.15, -0.1) is 0 Å². The molecule has 4 heteroatoms. The van der Waals surface area contributed by atoms with Crippen molar-refractivity contribution in [1.82, 2.24) is 5.32 Å². The smallest absolute Gasteiger partial charge is 0.237 e. The molecule has 0 heterocycles. The van der Waals surface area contributed by atoms with E-state index in [0.717, 1.165) is 22.4 Å². The van der Waals surface area contributed by atoms with E-state index in [-0.39, 0.29) is 5.91 Å². The van der Waals surface area contributed by atoms with E-state index in [4.69, 9.17) is 10.00 Å². The van der Waals surface area contributed by atoms with Crippen molar-refractivity contribution >= 4 is 5.91 Å². The fourth-order valence-electron chi connectivity index (χ4n) is 2.00. The van der Waals surface area contributed by atoms with Gasteiger partial charge < -0.3 is 10.1 Å². The lowest BCUT2D eigenvalue weighted by molar-refractivity contribution is -0.123. The number of ether oxygens (including phenoxy) is 1. The van der Waals surface area contributed by atoms with Gasteiger partial charge in [0.05, 0.1) is 13.2 Å². The fraction of sp³-hybridized carbons (Fsp3) is 0.467. The average Bonchev–Trinajstić information content (AvgIpc) is 2.38. The Morgan fingerprint density at radius 3 is 2.68 bits per heavy atom. The zero-order chi connectivity index (χ0) is 14.4. The Morgan fingerprint density at radius 1 is 1.47 bits per heavy atom. The maximum absolute atomic E-state index is 11.8. The maximum atomic E-state index is 11.8. The lowest BCUT2D eigenvalue weighted by Crippen LogP contribution is -2.29. The van der Waals surface area contributed by atoms with E-state index in [1.54, 1.807) is 7.11 Å². The number of hydrogen-bond acceptors (Lipinski definition) is 3. The second-order valence-corrected chi connectivity index (χ2v) is 4.57. The van der Waals surface area contributed by atoms with Crippen LogP contribution in [0.5, 0.6) is 5.75 Å². The molecule has 0 fully saturated rings. The van der Waals surface area contributed by atoms with Crippen LogP contribution in [0.1, 0.15) is 30.0 Å². The minimum Gasteiger partial charge on any atom is -0.496 e. The second-order valence-electron chi connectivity index (χ2n) is 4.57. The van der Waals surface area contributed by atoms with Crippen molar-refractivity contribution in [1.29, 1.82) is 5.26 Å². The normalized spacial score (nSPS) is 11.5. The second kappa shape index (κ2) is 6.79. The third-order valence-corrected chi connectivity index (χ3v) is 3.12. The molecule has 1 rings (SSSR count). The molecule has 1 aromatic rings. The number of nitrogens with zero attached hydrogens (tertiary/aromatic N) is 1. The third kappa shape index (κ3) is 3.72. The van der Waals surface area contributed by atoms with Crippen molar-refractivity contribution in [2.75, 3.05) is 7.11 Å². The van der Waals surface area contributed by atoms with Gasteiger partial charge in [-0.25, -0.2) is 0 Å². The van der Waals surface area contributed by atoms with Gasteiger partial charge >= 0.3 is 0 Å². The largest absolute Gasteiger partial charge is 0.496 e. The zero-order valence-corrected chi connectivity index (χ0v) is 11.9. The van der Waals surface area contributed by atoms with Gasteiger partial charge in [-0.3, -0.25) is 4.79 Å². The summed E-state index contributed by atoms with van der Waals surface area (Å²) in [6.45, 7) is 6.19. The highest BCUT2D eigenvalue weighted by Crippen LogP contribution is 2.24. The molecule has 0 spiro atoms. The number of amides is 1. The minimum absolute atomic E-state index is 0.230. The van der Waals surface area contributed by atoms with E-state index in [0.29, 0.717) is 13.0 Å². The molecule has 0 aliphatic carbocycles. The van der Waals surface area contributed by atoms with Crippen LogP contribution in [0.4, 0.5) is 0 Å². The van der Waals surface area contributed by atoms with Crippen molar-refractivity contribution in [2.24, 2.45) is 5.92 Å². The molecule has 1 atom stereocenters. The molecule has 0 radical (unpaired) electrons. The molecule has 4 nitrogen and oxygen atoms in total. The van der Waals surface area contributed by atoms with Crippen LogP contribution >= 0.6 is 0 Å². The van der Waals surface area contributed by atoms with Crippen LogP contribution < -0.4 is 10.1 Å². The van der Waals surface area contributed by atoms with Crippen molar-refractivity contribution in [3.63, 3.8) is 0 Å². The van der Waals surface area contributed by atoms with Crippen LogP contribution in [0.25, 0.3) is 0 Å². The predicted octanol–water partition coefficient (Wildman–Crippen LogP) is 2.48. The van der Waals surface area contributed by atoms with Crippen LogP contribution in [0, 0.1) is 31.1 Å². The molecule has 0 saturated carbocycles. The maximum Gasteiger partial charge on any atom is 0.237 e. The fourth-order valence-corrected chi connectivity index (χ4v) is 2.00. The quantitative estimate of drug-likeness (QED) is 0.884. The topological polar surface area (TPSA) is 62.1 Å². The van der Waals surface area contributed by atoms with Crippen LogP contribution in [0.2, 0.25) is 0 Å². The number of nitriles is 1. The predicted molar refractivity (Wildman–Crippen MR) is 73.7 cm³/mol. The molecular weight excluding hydrogens is 240 g/mol. The molecule has 102 valence electrons. The molecule has 0 aliphatic heterocycles. The molecule has 0 aromatic heterocycles. The first-order chi connectivity index (χ1) is 9.03. The Morgan fingerprint density at radius 2 is 2.16 bits per heavy atom. The summed E-state index contributed by atoms with van der Waals surface area (Å²) in [5.74, 6) is -0.0495. The molecule has 1 N–H and O–H groups in total. The molecule has 1 amide bonds. The monoisotopic (exact) mass is 260 g/mol. The average molecular weight is 260 g/mol. The number of carbonyl (C=O) groups excluding carboxylic acids is 1. The van der Waals surface area contributed by atoms with Crippen molar-refractivity contribution in [3.05, 3.63) is 28.8 Å². The van der Waals surface area contributed by atoms with E-state index in [1.807, 2.05) is 39.0 Å². The Kier molecular flexibility index (Phi) is 5.37. The number of nitrogens with one attached hydrogen (secondary N) is 1. The van der Waals surface area contributed by atoms with Gasteiger partial charge in [0.15, 0.2) is 0 Å². The highest BCUT2D eigenvalue weighted by Gasteiger charge is 2.16. The first-order valence-corrected chi connectivity index (χ1v) is 6.34. The number of aryl methyl sites for hydroxylation is 2. The van der Waals surface area contributed by atoms with Crippen LogP contribution in [-0.2, 0) is 11.3 Å². The van der Waals surface area contributed by atoms with E-state index < -0.39 is 5.92 Å². The van der Waals surface area contributed by atoms with Crippen molar-refractivity contribution in [3.8, 4) is 11.8 Å². The van der Waals surface area contributed by atoms with Gasteiger partial charge in [-0.1, -0.05) is 13.0 Å². The van der Waals surface area contributed by atoms with Crippen LogP contribution in [0.15, 0.2) is 12.1 Å². The van der Waals surface area contributed by atoms with E-state index in [9.17, 15) is 4.79 Å². The molecular formula is C15H20N2O2. The SMILES string of the molecule is CCC(C#N)C(=O)NCc1c(C)cc(C)cc1OC. The third-order valence-electron chi connectivity index (χ3n) is 3.12. The number of benzene rings is 1. The summed E-state index contributed by atoms with van der Waals surface area (Å²) in [7, 11) is 1.61. The van der Waals surface area contributed by atoms with Gasteiger partial charge in [-0.05, 0) is 37.5 Å². The lowest BCUT2D eigenvalue weighted by atomic mass is 10.0. The lowest BCUT2D eigenvalue weighted by Gasteiger charge is -2.14. The van der Waals surface area contributed by atoms with Gasteiger partial charge in [0.1, 0.15) is 11.7 Å². The van der Waals surface area contributed by atoms with E-state index in [2.05, 4.69) is 5.32 Å². The first-order valence-electron chi connectivity index (χ1n) is 6.34. The van der Waals surface area contributed by atoms with E-state index in [1.165, 1.54) is 0 Å². The van der Waals surface area contributed by atoms with Crippen LogP contribution in [-0.4, -0.2) is 13.0 Å². The minimum atomic E-state index is -0.586. The van der Waals surface area contributed by atoms with Gasteiger partial charge in [-0.2, -0.15) is 5.26 Å². The highest BCUT2D eigenvalue weighted by atomic mass is 16.5. The number of carbonyl (C=O) groups is 1. The van der Waals surface area contributed by atoms with Gasteiger partial charge in [0.2, 0.25) is 5.91 Å². The number of methoxy groups -OCH3 is 1. The Hall–Kier alpha value is -2.02. The zero-order valence-electron chi connectivity index (χ0n) is 11.9. The summed E-state index contributed by atoms with van der Waals surface area (Å²) < 4.78 is 5.34. The molecule has 0 aliphatic rings. The number of rotatable bonds is 5.